The first-order valence-corrected chi connectivity index (χ1v) is 9.37. The third kappa shape index (κ3) is 4.39. The van der Waals surface area contributed by atoms with Crippen LogP contribution in [0.15, 0.2) is 58.8 Å². The lowest BCUT2D eigenvalue weighted by Gasteiger charge is -2.09. The molecule has 0 spiro atoms. The van der Waals surface area contributed by atoms with E-state index in [1.54, 1.807) is 17.7 Å². The molecule has 146 valence electrons. The Hall–Kier alpha value is -3.15. The number of aromatic nitrogens is 1. The van der Waals surface area contributed by atoms with Crippen LogP contribution in [0.5, 0.6) is 11.6 Å². The minimum absolute atomic E-state index is 0.0107. The molecule has 0 saturated heterocycles. The number of aryl methyl sites for hydroxylation is 1. The highest BCUT2D eigenvalue weighted by atomic mass is 16.5. The van der Waals surface area contributed by atoms with E-state index in [1.807, 2.05) is 42.5 Å². The molecule has 1 aromatic heterocycles. The topological polar surface area (TPSA) is 76.2 Å². The summed E-state index contributed by atoms with van der Waals surface area (Å²) in [5.41, 5.74) is 2.20. The highest BCUT2D eigenvalue weighted by Gasteiger charge is 2.18. The number of nitrogens with zero attached hydrogens (tertiary/aromatic N) is 3. The maximum atomic E-state index is 12.2. The lowest BCUT2D eigenvalue weighted by atomic mass is 10.1. The van der Waals surface area contributed by atoms with Gasteiger partial charge in [-0.15, -0.1) is 10.2 Å². The van der Waals surface area contributed by atoms with Crippen molar-refractivity contribution in [1.82, 2.24) is 4.57 Å². The summed E-state index contributed by atoms with van der Waals surface area (Å²) in [5.74, 6) is 0.675. The van der Waals surface area contributed by atoms with Gasteiger partial charge in [0.1, 0.15) is 5.75 Å². The normalized spacial score (nSPS) is 11.6. The Labute approximate surface area is 164 Å². The van der Waals surface area contributed by atoms with Gasteiger partial charge in [-0.25, -0.2) is 0 Å². The zero-order chi connectivity index (χ0) is 20.1. The Bertz CT molecular complexity index is 991. The predicted molar refractivity (Wildman–Crippen MR) is 109 cm³/mol. The van der Waals surface area contributed by atoms with E-state index in [4.69, 9.17) is 4.74 Å². The van der Waals surface area contributed by atoms with E-state index in [1.165, 1.54) is 0 Å². The molecule has 0 aliphatic carbocycles. The van der Waals surface area contributed by atoms with Crippen LogP contribution in [0.2, 0.25) is 0 Å². The quantitative estimate of drug-likeness (QED) is 0.569. The van der Waals surface area contributed by atoms with Gasteiger partial charge in [0, 0.05) is 18.4 Å². The zero-order valence-electron chi connectivity index (χ0n) is 16.4. The van der Waals surface area contributed by atoms with Crippen LogP contribution >= 0.6 is 0 Å². The number of amides is 1. The van der Waals surface area contributed by atoms with Crippen LogP contribution < -0.4 is 4.74 Å². The summed E-state index contributed by atoms with van der Waals surface area (Å²) in [6.45, 7) is 4.78. The molecule has 6 nitrogen and oxygen atoms in total. The summed E-state index contributed by atoms with van der Waals surface area (Å²) in [6, 6.07) is 15.3. The van der Waals surface area contributed by atoms with Crippen LogP contribution in [0.1, 0.15) is 25.8 Å². The molecule has 0 radical (unpaired) electrons. The Kier molecular flexibility index (Phi) is 6.09. The van der Waals surface area contributed by atoms with Crippen molar-refractivity contribution >= 4 is 22.5 Å². The smallest absolute Gasteiger partial charge is 0.265 e. The van der Waals surface area contributed by atoms with Gasteiger partial charge < -0.3 is 14.4 Å². The van der Waals surface area contributed by atoms with Gasteiger partial charge in [-0.3, -0.25) is 4.79 Å². The summed E-state index contributed by atoms with van der Waals surface area (Å²) in [4.78, 5) is 12.2. The fourth-order valence-electron chi connectivity index (χ4n) is 3.13. The summed E-state index contributed by atoms with van der Waals surface area (Å²) < 4.78 is 7.08. The van der Waals surface area contributed by atoms with E-state index in [0.29, 0.717) is 35.7 Å². The Balaban J connectivity index is 1.87. The van der Waals surface area contributed by atoms with E-state index >= 15 is 0 Å². The fraction of sp³-hybridized carbons (Fsp3) is 0.318. The minimum atomic E-state index is -0.323. The molecule has 1 amide bonds. The van der Waals surface area contributed by atoms with Gasteiger partial charge in [-0.2, -0.15) is 0 Å². The molecule has 0 aliphatic rings. The molecule has 0 atom stereocenters. The third-order valence-electron chi connectivity index (χ3n) is 4.50. The molecular formula is C22H25N3O3. The fourth-order valence-corrected chi connectivity index (χ4v) is 3.13. The lowest BCUT2D eigenvalue weighted by molar-refractivity contribution is -0.118. The number of carbonyl (C=O) groups excluding carboxylic acids is 1. The minimum Gasteiger partial charge on any atom is -0.497 e. The van der Waals surface area contributed by atoms with Crippen molar-refractivity contribution in [2.75, 3.05) is 7.11 Å². The molecule has 0 aliphatic heterocycles. The molecular weight excluding hydrogens is 354 g/mol. The van der Waals surface area contributed by atoms with Crippen molar-refractivity contribution in [1.29, 1.82) is 0 Å². The van der Waals surface area contributed by atoms with Crippen molar-refractivity contribution in [2.24, 2.45) is 16.1 Å². The van der Waals surface area contributed by atoms with Crippen LogP contribution in [0.4, 0.5) is 5.69 Å². The van der Waals surface area contributed by atoms with Gasteiger partial charge in [-0.05, 0) is 36.1 Å². The van der Waals surface area contributed by atoms with Crippen LogP contribution in [-0.4, -0.2) is 22.7 Å². The van der Waals surface area contributed by atoms with Crippen molar-refractivity contribution in [3.8, 4) is 11.6 Å². The highest BCUT2D eigenvalue weighted by molar-refractivity contribution is 5.96. The maximum absolute atomic E-state index is 12.2. The van der Waals surface area contributed by atoms with E-state index in [2.05, 4.69) is 24.1 Å². The van der Waals surface area contributed by atoms with Gasteiger partial charge in [0.15, 0.2) is 5.69 Å². The second-order valence-corrected chi connectivity index (χ2v) is 7.14. The van der Waals surface area contributed by atoms with Gasteiger partial charge in [0.05, 0.1) is 12.6 Å². The van der Waals surface area contributed by atoms with Crippen LogP contribution in [0.3, 0.4) is 0 Å². The molecule has 2 aromatic carbocycles. The standard InChI is InChI=1S/C22H25N3O3/c1-15(2)14-25-19-11-10-17(28-3)13-18(19)21(22(25)27)24-23-20(26)12-9-16-7-5-4-6-8-16/h4-8,10-11,13,15,27H,9,12,14H2,1-3H3. The number of hydrogen-bond donors (Lipinski definition) is 1. The third-order valence-corrected chi connectivity index (χ3v) is 4.50. The van der Waals surface area contributed by atoms with Gasteiger partial charge >= 0.3 is 0 Å². The first-order chi connectivity index (χ1) is 13.5. The molecule has 6 heteroatoms. The van der Waals surface area contributed by atoms with E-state index in [-0.39, 0.29) is 18.2 Å². The molecule has 0 fully saturated rings. The first-order valence-electron chi connectivity index (χ1n) is 9.37. The number of carbonyl (C=O) groups is 1. The average Bonchev–Trinajstić information content (AvgIpc) is 2.95. The number of hydrogen-bond acceptors (Lipinski definition) is 4. The Morgan fingerprint density at radius 3 is 2.61 bits per heavy atom. The van der Waals surface area contributed by atoms with Crippen molar-refractivity contribution in [2.45, 2.75) is 33.2 Å². The second-order valence-electron chi connectivity index (χ2n) is 7.14. The number of methoxy groups -OCH3 is 1. The zero-order valence-corrected chi connectivity index (χ0v) is 16.4. The molecule has 3 rings (SSSR count). The summed E-state index contributed by atoms with van der Waals surface area (Å²) in [6.07, 6.45) is 0.871. The summed E-state index contributed by atoms with van der Waals surface area (Å²) >= 11 is 0. The molecule has 3 aromatic rings. The number of ether oxygens (including phenoxy) is 1. The van der Waals surface area contributed by atoms with Crippen molar-refractivity contribution in [3.63, 3.8) is 0 Å². The largest absolute Gasteiger partial charge is 0.497 e. The SMILES string of the molecule is COc1ccc2c(c1)c(N=NC(=O)CCc1ccccc1)c(O)n2CC(C)C. The van der Waals surface area contributed by atoms with Gasteiger partial charge in [-0.1, -0.05) is 44.2 Å². The molecule has 28 heavy (non-hydrogen) atoms. The van der Waals surface area contributed by atoms with Crippen molar-refractivity contribution < 1.29 is 14.6 Å². The number of benzene rings is 2. The lowest BCUT2D eigenvalue weighted by Crippen LogP contribution is -2.03. The Morgan fingerprint density at radius 1 is 1.18 bits per heavy atom. The van der Waals surface area contributed by atoms with Crippen LogP contribution in [0, 0.1) is 5.92 Å². The number of azo groups is 1. The number of fused-ring (bicyclic) bond motifs is 1. The van der Waals surface area contributed by atoms with E-state index in [9.17, 15) is 9.90 Å². The first kappa shape index (κ1) is 19.6. The molecule has 0 saturated carbocycles. The predicted octanol–water partition coefficient (Wildman–Crippen LogP) is 5.25. The molecule has 0 bridgehead atoms. The Morgan fingerprint density at radius 2 is 1.93 bits per heavy atom. The molecule has 1 N–H and O–H groups in total. The van der Waals surface area contributed by atoms with E-state index in [0.717, 1.165) is 11.1 Å². The average molecular weight is 379 g/mol. The van der Waals surface area contributed by atoms with Gasteiger partial charge in [0.2, 0.25) is 5.88 Å². The van der Waals surface area contributed by atoms with Crippen LogP contribution in [0.25, 0.3) is 10.9 Å². The van der Waals surface area contributed by atoms with Crippen LogP contribution in [-0.2, 0) is 17.8 Å². The van der Waals surface area contributed by atoms with E-state index < -0.39 is 0 Å². The van der Waals surface area contributed by atoms with Gasteiger partial charge in [0.25, 0.3) is 5.91 Å². The highest BCUT2D eigenvalue weighted by Crippen LogP contribution is 2.40. The molecule has 1 heterocycles. The summed E-state index contributed by atoms with van der Waals surface area (Å²) in [5, 5.41) is 19.3. The van der Waals surface area contributed by atoms with Crippen molar-refractivity contribution in [3.05, 3.63) is 54.1 Å². The number of aromatic hydroxyl groups is 1. The summed E-state index contributed by atoms with van der Waals surface area (Å²) in [7, 11) is 1.58. The second kappa shape index (κ2) is 8.69. The monoisotopic (exact) mass is 379 g/mol. The number of rotatable bonds is 7. The maximum Gasteiger partial charge on any atom is 0.265 e. The molecule has 0 unspecified atom stereocenters.